The van der Waals surface area contributed by atoms with Gasteiger partial charge in [0.05, 0.1) is 18.1 Å². The number of likely N-dealkylation sites (N-methyl/N-ethyl adjacent to an activating group) is 1. The van der Waals surface area contributed by atoms with E-state index in [0.29, 0.717) is 26.1 Å². The number of amides is 1. The summed E-state index contributed by atoms with van der Waals surface area (Å²) >= 11 is 1.59. The lowest BCUT2D eigenvalue weighted by molar-refractivity contribution is -0.129. The Bertz CT molecular complexity index is 706. The molecule has 146 valence electrons. The molecule has 1 aromatic rings. The summed E-state index contributed by atoms with van der Waals surface area (Å²) < 4.78 is 31.3. The Morgan fingerprint density at radius 3 is 2.42 bits per heavy atom. The molecule has 1 aliphatic rings. The second-order valence-electron chi connectivity index (χ2n) is 6.24. The van der Waals surface area contributed by atoms with Crippen LogP contribution in [0, 0.1) is 0 Å². The van der Waals surface area contributed by atoms with Crippen LogP contribution in [0.4, 0.5) is 0 Å². The fraction of sp³-hybridized carbons (Fsp3) is 0.611. The van der Waals surface area contributed by atoms with Crippen LogP contribution in [0.5, 0.6) is 5.75 Å². The highest BCUT2D eigenvalue weighted by Crippen LogP contribution is 2.43. The lowest BCUT2D eigenvalue weighted by atomic mass is 10.2. The van der Waals surface area contributed by atoms with Crippen LogP contribution in [-0.2, 0) is 14.8 Å². The molecule has 1 saturated heterocycles. The van der Waals surface area contributed by atoms with E-state index < -0.39 is 10.0 Å². The van der Waals surface area contributed by atoms with Gasteiger partial charge in [0.1, 0.15) is 11.1 Å². The molecule has 26 heavy (non-hydrogen) atoms. The maximum Gasteiger partial charge on any atom is 0.236 e. The van der Waals surface area contributed by atoms with Crippen molar-refractivity contribution in [3.63, 3.8) is 0 Å². The zero-order valence-electron chi connectivity index (χ0n) is 15.8. The van der Waals surface area contributed by atoms with Gasteiger partial charge in [-0.05, 0) is 31.0 Å². The highest BCUT2D eigenvalue weighted by Gasteiger charge is 2.38. The third-order valence-corrected chi connectivity index (χ3v) is 7.99. The molecule has 8 heteroatoms. The van der Waals surface area contributed by atoms with Crippen molar-refractivity contribution < 1.29 is 17.9 Å². The van der Waals surface area contributed by atoms with Gasteiger partial charge in [0.2, 0.25) is 15.9 Å². The van der Waals surface area contributed by atoms with E-state index in [0.717, 1.165) is 11.3 Å². The molecule has 1 aromatic carbocycles. The normalized spacial score (nSPS) is 20.8. The Labute approximate surface area is 160 Å². The first-order valence-corrected chi connectivity index (χ1v) is 11.5. The Morgan fingerprint density at radius 2 is 1.88 bits per heavy atom. The summed E-state index contributed by atoms with van der Waals surface area (Å²) in [6, 6.07) is 7.68. The van der Waals surface area contributed by atoms with Gasteiger partial charge in [0.15, 0.2) is 0 Å². The summed E-state index contributed by atoms with van der Waals surface area (Å²) in [5.74, 6) is 0.965. The largest absolute Gasteiger partial charge is 0.497 e. The average Bonchev–Trinajstić information content (AvgIpc) is 2.90. The van der Waals surface area contributed by atoms with Crippen molar-refractivity contribution in [2.45, 2.75) is 37.8 Å². The molecule has 1 aliphatic heterocycles. The van der Waals surface area contributed by atoms with Gasteiger partial charge in [0.25, 0.3) is 0 Å². The number of carbonyl (C=O) groups excluding carboxylic acids is 1. The van der Waals surface area contributed by atoms with Crippen LogP contribution in [0.3, 0.4) is 0 Å². The molecular formula is C18H28N2O4S2. The van der Waals surface area contributed by atoms with E-state index in [4.69, 9.17) is 4.74 Å². The van der Waals surface area contributed by atoms with Crippen molar-refractivity contribution in [1.82, 2.24) is 9.21 Å². The van der Waals surface area contributed by atoms with Crippen molar-refractivity contribution in [3.05, 3.63) is 29.8 Å². The maximum atomic E-state index is 12.6. The van der Waals surface area contributed by atoms with Crippen LogP contribution >= 0.6 is 11.8 Å². The second kappa shape index (κ2) is 9.10. The van der Waals surface area contributed by atoms with E-state index in [1.165, 1.54) is 4.31 Å². The Balaban J connectivity index is 2.14. The fourth-order valence-electron chi connectivity index (χ4n) is 3.03. The van der Waals surface area contributed by atoms with Crippen molar-refractivity contribution >= 4 is 27.7 Å². The van der Waals surface area contributed by atoms with Crippen molar-refractivity contribution in [2.24, 2.45) is 0 Å². The fourth-order valence-corrected chi connectivity index (χ4v) is 5.87. The zero-order chi connectivity index (χ0) is 19.3. The Kier molecular flexibility index (Phi) is 7.37. The molecule has 0 aromatic heterocycles. The molecule has 6 nitrogen and oxygen atoms in total. The Hall–Kier alpha value is -1.25. The highest BCUT2D eigenvalue weighted by atomic mass is 32.2. The molecule has 2 rings (SSSR count). The molecule has 0 aliphatic carbocycles. The van der Waals surface area contributed by atoms with E-state index in [-0.39, 0.29) is 22.3 Å². The molecule has 1 amide bonds. The summed E-state index contributed by atoms with van der Waals surface area (Å²) in [5, 5.41) is -0.236. The van der Waals surface area contributed by atoms with E-state index in [1.54, 1.807) is 23.8 Å². The minimum absolute atomic E-state index is 0.0553. The van der Waals surface area contributed by atoms with Crippen molar-refractivity contribution in [3.8, 4) is 5.75 Å². The SMILES string of the molecule is CCCS(=O)(=O)N(CC)CCN1C(=O)C(C)SC1c1ccc(OC)cc1. The standard InChI is InChI=1S/C18H28N2O4S2/c1-5-13-26(22,23)19(6-2)11-12-20-17(21)14(3)25-18(20)15-7-9-16(24-4)10-8-15/h7-10,14,18H,5-6,11-13H2,1-4H3. The van der Waals surface area contributed by atoms with Gasteiger partial charge in [-0.15, -0.1) is 11.8 Å². The molecule has 0 N–H and O–H groups in total. The minimum Gasteiger partial charge on any atom is -0.497 e. The molecule has 0 radical (unpaired) electrons. The number of thioether (sulfide) groups is 1. The number of carbonyl (C=O) groups is 1. The van der Waals surface area contributed by atoms with Crippen LogP contribution in [0.25, 0.3) is 0 Å². The van der Waals surface area contributed by atoms with Crippen LogP contribution in [0.15, 0.2) is 24.3 Å². The third-order valence-electron chi connectivity index (χ3n) is 4.45. The molecule has 0 bridgehead atoms. The molecule has 1 heterocycles. The van der Waals surface area contributed by atoms with E-state index in [2.05, 4.69) is 0 Å². The van der Waals surface area contributed by atoms with Gasteiger partial charge in [-0.2, -0.15) is 0 Å². The first-order valence-electron chi connectivity index (χ1n) is 8.91. The first-order chi connectivity index (χ1) is 12.3. The number of benzene rings is 1. The topological polar surface area (TPSA) is 66.9 Å². The maximum absolute atomic E-state index is 12.6. The smallest absolute Gasteiger partial charge is 0.236 e. The van der Waals surface area contributed by atoms with E-state index in [1.807, 2.05) is 45.0 Å². The van der Waals surface area contributed by atoms with Gasteiger partial charge in [-0.25, -0.2) is 12.7 Å². The first kappa shape index (κ1) is 21.1. The molecule has 1 fully saturated rings. The van der Waals surface area contributed by atoms with E-state index in [9.17, 15) is 13.2 Å². The number of hydrogen-bond donors (Lipinski definition) is 0. The minimum atomic E-state index is -3.26. The summed E-state index contributed by atoms with van der Waals surface area (Å²) in [6.45, 7) is 6.72. The predicted molar refractivity (Wildman–Crippen MR) is 106 cm³/mol. The van der Waals surface area contributed by atoms with Gasteiger partial charge < -0.3 is 9.64 Å². The molecular weight excluding hydrogens is 372 g/mol. The van der Waals surface area contributed by atoms with Gasteiger partial charge in [-0.3, -0.25) is 4.79 Å². The number of rotatable bonds is 9. The quantitative estimate of drug-likeness (QED) is 0.638. The zero-order valence-corrected chi connectivity index (χ0v) is 17.5. The van der Waals surface area contributed by atoms with Gasteiger partial charge >= 0.3 is 0 Å². The molecule has 0 spiro atoms. The number of nitrogens with zero attached hydrogens (tertiary/aromatic N) is 2. The molecule has 2 unspecified atom stereocenters. The molecule has 0 saturated carbocycles. The average molecular weight is 401 g/mol. The summed E-state index contributed by atoms with van der Waals surface area (Å²) in [7, 11) is -1.65. The van der Waals surface area contributed by atoms with Gasteiger partial charge in [0, 0.05) is 19.6 Å². The van der Waals surface area contributed by atoms with Crippen molar-refractivity contribution in [1.29, 1.82) is 0 Å². The van der Waals surface area contributed by atoms with Gasteiger partial charge in [-0.1, -0.05) is 26.0 Å². The predicted octanol–water partition coefficient (Wildman–Crippen LogP) is 2.72. The second-order valence-corrected chi connectivity index (χ2v) is 9.76. The lowest BCUT2D eigenvalue weighted by Gasteiger charge is -2.28. The highest BCUT2D eigenvalue weighted by molar-refractivity contribution is 8.01. The summed E-state index contributed by atoms with van der Waals surface area (Å²) in [5.41, 5.74) is 1.02. The van der Waals surface area contributed by atoms with Crippen LogP contribution < -0.4 is 4.74 Å². The summed E-state index contributed by atoms with van der Waals surface area (Å²) in [6.07, 6.45) is 0.586. The van der Waals surface area contributed by atoms with Crippen LogP contribution in [-0.4, -0.2) is 61.3 Å². The van der Waals surface area contributed by atoms with Crippen molar-refractivity contribution in [2.75, 3.05) is 32.5 Å². The number of sulfonamides is 1. The Morgan fingerprint density at radius 1 is 1.23 bits per heavy atom. The lowest BCUT2D eigenvalue weighted by Crippen LogP contribution is -2.41. The monoisotopic (exact) mass is 400 g/mol. The number of hydrogen-bond acceptors (Lipinski definition) is 5. The van der Waals surface area contributed by atoms with Crippen LogP contribution in [0.2, 0.25) is 0 Å². The van der Waals surface area contributed by atoms with Crippen LogP contribution in [0.1, 0.15) is 38.1 Å². The molecule has 2 atom stereocenters. The number of ether oxygens (including phenoxy) is 1. The summed E-state index contributed by atoms with van der Waals surface area (Å²) in [4.78, 5) is 14.4. The van der Waals surface area contributed by atoms with E-state index >= 15 is 0 Å². The third kappa shape index (κ3) is 4.72. The number of methoxy groups -OCH3 is 1.